The number of nitrogens with one attached hydrogen (secondary N) is 1. The minimum atomic E-state index is -3.81. The normalized spacial score (nSPS) is 19.5. The van der Waals surface area contributed by atoms with Crippen molar-refractivity contribution in [2.75, 3.05) is 13.1 Å². The Morgan fingerprint density at radius 2 is 2.21 bits per heavy atom. The minimum absolute atomic E-state index is 0. The number of halogens is 2. The van der Waals surface area contributed by atoms with Gasteiger partial charge in [-0.1, -0.05) is 6.07 Å². The molecule has 136 valence electrons. The van der Waals surface area contributed by atoms with E-state index in [0.717, 1.165) is 6.07 Å². The van der Waals surface area contributed by atoms with Crippen LogP contribution in [0.25, 0.3) is 0 Å². The van der Waals surface area contributed by atoms with Gasteiger partial charge in [0.05, 0.1) is 4.90 Å². The summed E-state index contributed by atoms with van der Waals surface area (Å²) < 4.78 is 40.4. The van der Waals surface area contributed by atoms with Crippen molar-refractivity contribution in [3.63, 3.8) is 0 Å². The van der Waals surface area contributed by atoms with Gasteiger partial charge in [-0.05, 0) is 38.0 Å². The van der Waals surface area contributed by atoms with Gasteiger partial charge in [0.1, 0.15) is 5.82 Å². The highest BCUT2D eigenvalue weighted by Gasteiger charge is 2.27. The zero-order valence-electron chi connectivity index (χ0n) is 13.4. The third kappa shape index (κ3) is 5.70. The van der Waals surface area contributed by atoms with E-state index in [1.807, 2.05) is 0 Å². The van der Waals surface area contributed by atoms with Gasteiger partial charge in [0.2, 0.25) is 15.9 Å². The van der Waals surface area contributed by atoms with Crippen molar-refractivity contribution in [3.05, 3.63) is 30.1 Å². The van der Waals surface area contributed by atoms with Gasteiger partial charge in [-0.15, -0.1) is 12.4 Å². The molecule has 1 saturated heterocycles. The predicted molar refractivity (Wildman–Crippen MR) is 91.8 cm³/mol. The van der Waals surface area contributed by atoms with Crippen LogP contribution in [-0.4, -0.2) is 44.4 Å². The van der Waals surface area contributed by atoms with Gasteiger partial charge in [-0.3, -0.25) is 4.79 Å². The highest BCUT2D eigenvalue weighted by molar-refractivity contribution is 7.89. The van der Waals surface area contributed by atoms with E-state index in [9.17, 15) is 17.6 Å². The number of carbonyl (C=O) groups excluding carboxylic acids is 1. The van der Waals surface area contributed by atoms with Crippen molar-refractivity contribution in [2.45, 2.75) is 43.2 Å². The first-order valence-electron chi connectivity index (χ1n) is 7.59. The maximum absolute atomic E-state index is 13.2. The molecular weight excluding hydrogens is 357 g/mol. The number of nitrogens with zero attached hydrogens (tertiary/aromatic N) is 1. The van der Waals surface area contributed by atoms with Gasteiger partial charge >= 0.3 is 0 Å². The molecule has 1 aromatic carbocycles. The summed E-state index contributed by atoms with van der Waals surface area (Å²) in [7, 11) is -3.81. The summed E-state index contributed by atoms with van der Waals surface area (Å²) in [6.45, 7) is 2.66. The van der Waals surface area contributed by atoms with Gasteiger partial charge in [0.15, 0.2) is 0 Å². The molecule has 1 aromatic rings. The molecule has 1 aliphatic rings. The summed E-state index contributed by atoms with van der Waals surface area (Å²) in [5.74, 6) is -0.681. The number of rotatable bonds is 5. The van der Waals surface area contributed by atoms with Crippen LogP contribution in [0.15, 0.2) is 29.2 Å². The lowest BCUT2D eigenvalue weighted by Crippen LogP contribution is -2.50. The Balaban J connectivity index is 0.00000288. The van der Waals surface area contributed by atoms with Crippen molar-refractivity contribution in [3.8, 4) is 0 Å². The number of nitrogens with two attached hydrogens (primary N) is 1. The molecule has 2 rings (SSSR count). The zero-order chi connectivity index (χ0) is 17.0. The van der Waals surface area contributed by atoms with Gasteiger partial charge in [-0.25, -0.2) is 17.5 Å². The summed E-state index contributed by atoms with van der Waals surface area (Å²) >= 11 is 0. The number of carbonyl (C=O) groups is 1. The molecular formula is C15H23ClFN3O3S. The number of hydrogen-bond donors (Lipinski definition) is 2. The van der Waals surface area contributed by atoms with Crippen molar-refractivity contribution >= 4 is 28.3 Å². The van der Waals surface area contributed by atoms with Crippen LogP contribution in [0.1, 0.15) is 26.2 Å². The average molecular weight is 380 g/mol. The number of likely N-dealkylation sites (tertiary alicyclic amines) is 1. The molecule has 0 saturated carbocycles. The first kappa shape index (κ1) is 20.8. The average Bonchev–Trinajstić information content (AvgIpc) is 2.46. The first-order chi connectivity index (χ1) is 10.8. The van der Waals surface area contributed by atoms with Crippen LogP contribution >= 0.6 is 12.4 Å². The molecule has 1 amide bonds. The molecule has 6 nitrogen and oxygen atoms in total. The van der Waals surface area contributed by atoms with E-state index in [0.29, 0.717) is 25.9 Å². The topological polar surface area (TPSA) is 92.5 Å². The fourth-order valence-electron chi connectivity index (χ4n) is 2.63. The third-order valence-corrected chi connectivity index (χ3v) is 5.22. The SMILES string of the molecule is CC(N)CC(=O)N1CCCC(NS(=O)(=O)c2cccc(F)c2)C1.Cl. The number of piperidine rings is 1. The monoisotopic (exact) mass is 379 g/mol. The molecule has 3 N–H and O–H groups in total. The fraction of sp³-hybridized carbons (Fsp3) is 0.533. The van der Waals surface area contributed by atoms with E-state index < -0.39 is 15.8 Å². The van der Waals surface area contributed by atoms with E-state index in [1.165, 1.54) is 18.2 Å². The quantitative estimate of drug-likeness (QED) is 0.805. The molecule has 24 heavy (non-hydrogen) atoms. The Kier molecular flexibility index (Phi) is 7.59. The maximum atomic E-state index is 13.2. The van der Waals surface area contributed by atoms with Crippen molar-refractivity contribution in [2.24, 2.45) is 5.73 Å². The minimum Gasteiger partial charge on any atom is -0.341 e. The fourth-order valence-corrected chi connectivity index (χ4v) is 3.92. The molecule has 0 spiro atoms. The highest BCUT2D eigenvalue weighted by atomic mass is 35.5. The molecule has 9 heteroatoms. The Morgan fingerprint density at radius 1 is 1.50 bits per heavy atom. The number of benzene rings is 1. The third-order valence-electron chi connectivity index (χ3n) is 3.70. The van der Waals surface area contributed by atoms with Crippen LogP contribution in [0.5, 0.6) is 0 Å². The van der Waals surface area contributed by atoms with Crippen molar-refractivity contribution < 1.29 is 17.6 Å². The van der Waals surface area contributed by atoms with E-state index in [2.05, 4.69) is 4.72 Å². The highest BCUT2D eigenvalue weighted by Crippen LogP contribution is 2.16. The Hall–Kier alpha value is -1.22. The van der Waals surface area contributed by atoms with E-state index in [1.54, 1.807) is 11.8 Å². The van der Waals surface area contributed by atoms with Crippen LogP contribution in [0.2, 0.25) is 0 Å². The lowest BCUT2D eigenvalue weighted by molar-refractivity contribution is -0.132. The van der Waals surface area contributed by atoms with Crippen LogP contribution in [0.3, 0.4) is 0 Å². The summed E-state index contributed by atoms with van der Waals surface area (Å²) in [6.07, 6.45) is 1.58. The second-order valence-corrected chi connectivity index (χ2v) is 7.65. The van der Waals surface area contributed by atoms with Crippen LogP contribution in [0.4, 0.5) is 4.39 Å². The number of amides is 1. The summed E-state index contributed by atoms with van der Waals surface area (Å²) in [4.78, 5) is 13.6. The summed E-state index contributed by atoms with van der Waals surface area (Å²) in [6, 6.07) is 4.25. The number of hydrogen-bond acceptors (Lipinski definition) is 4. The molecule has 2 atom stereocenters. The van der Waals surface area contributed by atoms with Gasteiger partial charge in [0, 0.05) is 31.6 Å². The summed E-state index contributed by atoms with van der Waals surface area (Å²) in [5, 5.41) is 0. The number of sulfonamides is 1. The second kappa shape index (κ2) is 8.75. The van der Waals surface area contributed by atoms with Crippen molar-refractivity contribution in [1.29, 1.82) is 0 Å². The standard InChI is InChI=1S/C15H22FN3O3S.ClH/c1-11(17)8-15(20)19-7-3-5-13(10-19)18-23(21,22)14-6-2-4-12(16)9-14;/h2,4,6,9,11,13,18H,3,5,7-8,10,17H2,1H3;1H. The van der Waals surface area contributed by atoms with Gasteiger partial charge in [-0.2, -0.15) is 0 Å². The molecule has 2 unspecified atom stereocenters. The Bertz CT molecular complexity index is 670. The predicted octanol–water partition coefficient (Wildman–Crippen LogP) is 1.25. The van der Waals surface area contributed by atoms with Crippen LogP contribution in [-0.2, 0) is 14.8 Å². The largest absolute Gasteiger partial charge is 0.341 e. The first-order valence-corrected chi connectivity index (χ1v) is 9.07. The molecule has 0 bridgehead atoms. The smallest absolute Gasteiger partial charge is 0.240 e. The molecule has 0 radical (unpaired) electrons. The Labute approximate surface area is 148 Å². The molecule has 1 heterocycles. The molecule has 0 aliphatic carbocycles. The van der Waals surface area contributed by atoms with Crippen molar-refractivity contribution in [1.82, 2.24) is 9.62 Å². The molecule has 1 aliphatic heterocycles. The Morgan fingerprint density at radius 3 is 2.83 bits per heavy atom. The molecule has 1 fully saturated rings. The van der Waals surface area contributed by atoms with Gasteiger partial charge < -0.3 is 10.6 Å². The lowest BCUT2D eigenvalue weighted by Gasteiger charge is -2.33. The zero-order valence-corrected chi connectivity index (χ0v) is 15.1. The lowest BCUT2D eigenvalue weighted by atomic mass is 10.1. The summed E-state index contributed by atoms with van der Waals surface area (Å²) in [5.41, 5.74) is 5.63. The van der Waals surface area contributed by atoms with E-state index in [-0.39, 0.29) is 41.7 Å². The second-order valence-electron chi connectivity index (χ2n) is 5.94. The van der Waals surface area contributed by atoms with Crippen LogP contribution in [0, 0.1) is 5.82 Å². The molecule has 0 aromatic heterocycles. The van der Waals surface area contributed by atoms with E-state index in [4.69, 9.17) is 5.73 Å². The maximum Gasteiger partial charge on any atom is 0.240 e. The van der Waals surface area contributed by atoms with Crippen LogP contribution < -0.4 is 10.5 Å². The van der Waals surface area contributed by atoms with E-state index >= 15 is 0 Å². The van der Waals surface area contributed by atoms with Gasteiger partial charge in [0.25, 0.3) is 0 Å².